The number of hydrogen-bond acceptors (Lipinski definition) is 3. The van der Waals surface area contributed by atoms with E-state index in [4.69, 9.17) is 4.74 Å². The second kappa shape index (κ2) is 7.01. The van der Waals surface area contributed by atoms with Crippen LogP contribution in [-0.2, 0) is 0 Å². The molecule has 0 aliphatic rings. The predicted octanol–water partition coefficient (Wildman–Crippen LogP) is 2.71. The Morgan fingerprint density at radius 3 is 3.06 bits per heavy atom. The molecule has 1 heterocycles. The van der Waals surface area contributed by atoms with Crippen LogP contribution in [0.1, 0.15) is 31.4 Å². The molecule has 3 heteroatoms. The summed E-state index contributed by atoms with van der Waals surface area (Å²) in [4.78, 5) is 4.22. The van der Waals surface area contributed by atoms with Crippen LogP contribution in [0.15, 0.2) is 31.0 Å². The topological polar surface area (TPSA) is 34.2 Å². The van der Waals surface area contributed by atoms with Crippen LogP contribution in [0.2, 0.25) is 0 Å². The summed E-state index contributed by atoms with van der Waals surface area (Å²) in [6, 6.07) is 4.28. The zero-order chi connectivity index (χ0) is 11.8. The van der Waals surface area contributed by atoms with Crippen LogP contribution >= 0.6 is 0 Å². The van der Waals surface area contributed by atoms with E-state index in [1.807, 2.05) is 12.1 Å². The normalized spacial score (nSPS) is 12.1. The van der Waals surface area contributed by atoms with Gasteiger partial charge < -0.3 is 10.1 Å². The number of hydrogen-bond donors (Lipinski definition) is 1. The predicted molar refractivity (Wildman–Crippen MR) is 66.6 cm³/mol. The maximum Gasteiger partial charge on any atom is 0.217 e. The van der Waals surface area contributed by atoms with Crippen LogP contribution in [0.3, 0.4) is 0 Å². The van der Waals surface area contributed by atoms with Gasteiger partial charge >= 0.3 is 0 Å². The van der Waals surface area contributed by atoms with Crippen molar-refractivity contribution in [3.8, 4) is 5.88 Å². The van der Waals surface area contributed by atoms with Crippen molar-refractivity contribution in [1.82, 2.24) is 10.3 Å². The lowest BCUT2D eigenvalue weighted by Gasteiger charge is -2.19. The average molecular weight is 220 g/mol. The number of nitrogens with zero attached hydrogens (tertiary/aromatic N) is 1. The summed E-state index contributed by atoms with van der Waals surface area (Å²) in [7, 11) is 1.66. The van der Waals surface area contributed by atoms with Crippen molar-refractivity contribution in [3.63, 3.8) is 0 Å². The number of rotatable bonds is 7. The van der Waals surface area contributed by atoms with Gasteiger partial charge in [0, 0.05) is 17.8 Å². The molecule has 0 amide bonds. The van der Waals surface area contributed by atoms with Crippen LogP contribution in [0.4, 0.5) is 0 Å². The molecule has 0 saturated carbocycles. The van der Waals surface area contributed by atoms with Gasteiger partial charge in [0.2, 0.25) is 5.88 Å². The van der Waals surface area contributed by atoms with E-state index in [0.717, 1.165) is 24.9 Å². The minimum Gasteiger partial charge on any atom is -0.481 e. The Kier molecular flexibility index (Phi) is 5.57. The minimum atomic E-state index is 0.284. The first-order valence-corrected chi connectivity index (χ1v) is 5.66. The highest BCUT2D eigenvalue weighted by Gasteiger charge is 2.14. The summed E-state index contributed by atoms with van der Waals surface area (Å²) in [5, 5.41) is 3.44. The Balaban J connectivity index is 2.85. The molecule has 0 radical (unpaired) electrons. The molecule has 1 aromatic heterocycles. The maximum atomic E-state index is 5.28. The molecule has 0 fully saturated rings. The lowest BCUT2D eigenvalue weighted by Crippen LogP contribution is -2.21. The summed E-state index contributed by atoms with van der Waals surface area (Å²) >= 11 is 0. The summed E-state index contributed by atoms with van der Waals surface area (Å²) in [5.41, 5.74) is 1.12. The van der Waals surface area contributed by atoms with Crippen molar-refractivity contribution in [3.05, 3.63) is 36.5 Å². The Labute approximate surface area is 97.5 Å². The highest BCUT2D eigenvalue weighted by molar-refractivity contribution is 5.28. The lowest BCUT2D eigenvalue weighted by molar-refractivity contribution is 0.380. The molecule has 0 aliphatic heterocycles. The fourth-order valence-electron chi connectivity index (χ4n) is 1.74. The van der Waals surface area contributed by atoms with E-state index in [-0.39, 0.29) is 6.04 Å². The molecule has 1 atom stereocenters. The molecule has 0 bridgehead atoms. The van der Waals surface area contributed by atoms with Gasteiger partial charge in [0.25, 0.3) is 0 Å². The summed E-state index contributed by atoms with van der Waals surface area (Å²) in [6.45, 7) is 6.79. The molecule has 1 aromatic rings. The fraction of sp³-hybridized carbons (Fsp3) is 0.462. The molecule has 0 saturated heterocycles. The first kappa shape index (κ1) is 12.7. The van der Waals surface area contributed by atoms with Crippen molar-refractivity contribution < 1.29 is 4.74 Å². The Morgan fingerprint density at radius 2 is 2.44 bits per heavy atom. The third-order valence-electron chi connectivity index (χ3n) is 2.48. The third kappa shape index (κ3) is 3.35. The fourth-order valence-corrected chi connectivity index (χ4v) is 1.74. The number of allylic oxidation sites excluding steroid dienone is 1. The number of aromatic nitrogens is 1. The highest BCUT2D eigenvalue weighted by atomic mass is 16.5. The zero-order valence-corrected chi connectivity index (χ0v) is 10.1. The van der Waals surface area contributed by atoms with Gasteiger partial charge in [-0.1, -0.05) is 19.1 Å². The molecule has 1 N–H and O–H groups in total. The summed E-state index contributed by atoms with van der Waals surface area (Å²) in [5.74, 6) is 0.706. The third-order valence-corrected chi connectivity index (χ3v) is 2.48. The van der Waals surface area contributed by atoms with E-state index in [1.54, 1.807) is 13.3 Å². The smallest absolute Gasteiger partial charge is 0.217 e. The Bertz CT molecular complexity index is 325. The van der Waals surface area contributed by atoms with Gasteiger partial charge in [0.1, 0.15) is 0 Å². The van der Waals surface area contributed by atoms with E-state index in [0.29, 0.717) is 5.88 Å². The van der Waals surface area contributed by atoms with E-state index in [2.05, 4.69) is 29.9 Å². The SMILES string of the molecule is C=CCCC(NCC)c1cccnc1OC. The first-order valence-electron chi connectivity index (χ1n) is 5.66. The molecule has 0 aromatic carbocycles. The number of methoxy groups -OCH3 is 1. The lowest BCUT2D eigenvalue weighted by atomic mass is 10.0. The Hall–Kier alpha value is -1.35. The van der Waals surface area contributed by atoms with Crippen molar-refractivity contribution >= 4 is 0 Å². The summed E-state index contributed by atoms with van der Waals surface area (Å²) < 4.78 is 5.28. The van der Waals surface area contributed by atoms with Crippen LogP contribution in [0.5, 0.6) is 5.88 Å². The molecule has 88 valence electrons. The standard InChI is InChI=1S/C13H20N2O/c1-4-6-9-12(14-5-2)11-8-7-10-15-13(11)16-3/h4,7-8,10,12,14H,1,5-6,9H2,2-3H3. The number of pyridine rings is 1. The quantitative estimate of drug-likeness (QED) is 0.717. The first-order chi connectivity index (χ1) is 7.83. The Morgan fingerprint density at radius 1 is 1.62 bits per heavy atom. The molecular formula is C13H20N2O. The van der Waals surface area contributed by atoms with E-state index in [1.165, 1.54) is 0 Å². The van der Waals surface area contributed by atoms with Crippen LogP contribution in [-0.4, -0.2) is 18.6 Å². The van der Waals surface area contributed by atoms with E-state index in [9.17, 15) is 0 Å². The highest BCUT2D eigenvalue weighted by Crippen LogP contribution is 2.25. The van der Waals surface area contributed by atoms with E-state index >= 15 is 0 Å². The maximum absolute atomic E-state index is 5.28. The van der Waals surface area contributed by atoms with Gasteiger partial charge in [-0.2, -0.15) is 0 Å². The van der Waals surface area contributed by atoms with Crippen LogP contribution < -0.4 is 10.1 Å². The van der Waals surface area contributed by atoms with E-state index < -0.39 is 0 Å². The minimum absolute atomic E-state index is 0.284. The van der Waals surface area contributed by atoms with Crippen molar-refractivity contribution in [2.45, 2.75) is 25.8 Å². The number of nitrogens with one attached hydrogen (secondary N) is 1. The van der Waals surface area contributed by atoms with Crippen LogP contribution in [0, 0.1) is 0 Å². The van der Waals surface area contributed by atoms with Gasteiger partial charge in [-0.15, -0.1) is 6.58 Å². The molecule has 1 rings (SSSR count). The van der Waals surface area contributed by atoms with Crippen molar-refractivity contribution in [2.75, 3.05) is 13.7 Å². The number of ether oxygens (including phenoxy) is 1. The molecule has 0 aliphatic carbocycles. The average Bonchev–Trinajstić information content (AvgIpc) is 2.34. The molecule has 3 nitrogen and oxygen atoms in total. The molecule has 16 heavy (non-hydrogen) atoms. The molecule has 1 unspecified atom stereocenters. The monoisotopic (exact) mass is 220 g/mol. The van der Waals surface area contributed by atoms with Gasteiger partial charge in [-0.25, -0.2) is 4.98 Å². The largest absolute Gasteiger partial charge is 0.481 e. The van der Waals surface area contributed by atoms with Crippen LogP contribution in [0.25, 0.3) is 0 Å². The summed E-state index contributed by atoms with van der Waals surface area (Å²) in [6.07, 6.45) is 5.68. The van der Waals surface area contributed by atoms with Gasteiger partial charge in [-0.3, -0.25) is 0 Å². The van der Waals surface area contributed by atoms with Gasteiger partial charge in [0.15, 0.2) is 0 Å². The zero-order valence-electron chi connectivity index (χ0n) is 10.1. The second-order valence-electron chi connectivity index (χ2n) is 3.58. The van der Waals surface area contributed by atoms with Crippen molar-refractivity contribution in [1.29, 1.82) is 0 Å². The van der Waals surface area contributed by atoms with Crippen molar-refractivity contribution in [2.24, 2.45) is 0 Å². The molecular weight excluding hydrogens is 200 g/mol. The molecule has 0 spiro atoms. The van der Waals surface area contributed by atoms with Gasteiger partial charge in [0.05, 0.1) is 7.11 Å². The van der Waals surface area contributed by atoms with Gasteiger partial charge in [-0.05, 0) is 25.5 Å². The second-order valence-corrected chi connectivity index (χ2v) is 3.58.